The largest absolute Gasteiger partial charge is 0.462 e. The van der Waals surface area contributed by atoms with Gasteiger partial charge in [-0.1, -0.05) is 18.2 Å². The fourth-order valence-corrected chi connectivity index (χ4v) is 3.01. The van der Waals surface area contributed by atoms with Crippen molar-refractivity contribution in [3.05, 3.63) is 57.9 Å². The number of carbonyl (C=O) groups is 1. The lowest BCUT2D eigenvalue weighted by atomic mass is 10.0. The molecule has 4 aromatic rings. The second-order valence-corrected chi connectivity index (χ2v) is 5.55. The van der Waals surface area contributed by atoms with E-state index in [1.807, 2.05) is 24.3 Å². The van der Waals surface area contributed by atoms with E-state index in [9.17, 15) is 9.59 Å². The van der Waals surface area contributed by atoms with E-state index in [1.165, 1.54) is 0 Å². The van der Waals surface area contributed by atoms with Crippen LogP contribution in [0.5, 0.6) is 0 Å². The number of hydrogen-bond donors (Lipinski definition) is 0. The molecule has 0 saturated carbocycles. The van der Waals surface area contributed by atoms with Crippen molar-refractivity contribution in [3.8, 4) is 0 Å². The van der Waals surface area contributed by atoms with E-state index in [4.69, 9.17) is 13.6 Å². The maximum Gasteiger partial charge on any atom is 0.351 e. The Morgan fingerprint density at radius 3 is 2.50 bits per heavy atom. The van der Waals surface area contributed by atoms with Gasteiger partial charge < -0.3 is 13.6 Å². The number of fused-ring (bicyclic) bond motifs is 4. The Balaban J connectivity index is 2.08. The van der Waals surface area contributed by atoms with E-state index in [0.29, 0.717) is 22.1 Å². The number of ether oxygens (including phenoxy) is 1. The fourth-order valence-electron chi connectivity index (χ4n) is 3.01. The molecule has 0 spiro atoms. The number of furan rings is 1. The van der Waals surface area contributed by atoms with Crippen molar-refractivity contribution in [1.29, 1.82) is 0 Å². The summed E-state index contributed by atoms with van der Waals surface area (Å²) >= 11 is 0. The quantitative estimate of drug-likeness (QED) is 0.409. The van der Waals surface area contributed by atoms with Gasteiger partial charge in [0.1, 0.15) is 22.3 Å². The van der Waals surface area contributed by atoms with Gasteiger partial charge in [-0.25, -0.2) is 9.59 Å². The van der Waals surface area contributed by atoms with Crippen LogP contribution < -0.4 is 5.63 Å². The number of rotatable bonds is 2. The molecule has 5 nitrogen and oxygen atoms in total. The molecule has 24 heavy (non-hydrogen) atoms. The molecule has 0 fully saturated rings. The highest BCUT2D eigenvalue weighted by Gasteiger charge is 2.20. The molecule has 0 N–H and O–H groups in total. The van der Waals surface area contributed by atoms with Gasteiger partial charge in [0.2, 0.25) is 0 Å². The van der Waals surface area contributed by atoms with Gasteiger partial charge in [-0.05, 0) is 37.6 Å². The van der Waals surface area contributed by atoms with Crippen molar-refractivity contribution >= 4 is 38.9 Å². The zero-order chi connectivity index (χ0) is 16.8. The summed E-state index contributed by atoms with van der Waals surface area (Å²) in [6.45, 7) is 3.59. The number of benzene rings is 2. The van der Waals surface area contributed by atoms with Gasteiger partial charge >= 0.3 is 11.6 Å². The number of carbonyl (C=O) groups excluding carboxylic acids is 1. The Hall–Kier alpha value is -3.08. The second-order valence-electron chi connectivity index (χ2n) is 5.55. The van der Waals surface area contributed by atoms with E-state index in [-0.39, 0.29) is 12.2 Å². The minimum atomic E-state index is -0.689. The summed E-state index contributed by atoms with van der Waals surface area (Å²) in [6, 6.07) is 11.2. The molecule has 0 bridgehead atoms. The minimum Gasteiger partial charge on any atom is -0.462 e. The normalized spacial score (nSPS) is 11.4. The first kappa shape index (κ1) is 14.5. The van der Waals surface area contributed by atoms with Crippen molar-refractivity contribution in [2.45, 2.75) is 13.8 Å². The standard InChI is InChI=1S/C19H14O5/c1-3-22-18(20)17-10(2)12-8-16-13(9-15(12)24-19(17)21)11-6-4-5-7-14(11)23-16/h4-9H,3H2,1-2H3. The predicted molar refractivity (Wildman–Crippen MR) is 90.5 cm³/mol. The van der Waals surface area contributed by atoms with Crippen LogP contribution in [0.2, 0.25) is 0 Å². The van der Waals surface area contributed by atoms with Crippen LogP contribution >= 0.6 is 0 Å². The van der Waals surface area contributed by atoms with Gasteiger partial charge in [0, 0.05) is 16.2 Å². The Bertz CT molecular complexity index is 1160. The smallest absolute Gasteiger partial charge is 0.351 e. The van der Waals surface area contributed by atoms with Crippen LogP contribution in [-0.2, 0) is 4.74 Å². The average Bonchev–Trinajstić information content (AvgIpc) is 2.91. The van der Waals surface area contributed by atoms with E-state index in [1.54, 1.807) is 26.0 Å². The van der Waals surface area contributed by atoms with Gasteiger partial charge in [-0.3, -0.25) is 0 Å². The third-order valence-electron chi connectivity index (χ3n) is 4.14. The summed E-state index contributed by atoms with van der Waals surface area (Å²) in [5.41, 5.74) is 1.63. The molecule has 0 amide bonds. The van der Waals surface area contributed by atoms with E-state index in [0.717, 1.165) is 16.4 Å². The first-order chi connectivity index (χ1) is 11.6. The topological polar surface area (TPSA) is 69.7 Å². The molecule has 2 aromatic heterocycles. The highest BCUT2D eigenvalue weighted by atomic mass is 16.5. The van der Waals surface area contributed by atoms with Gasteiger partial charge in [0.25, 0.3) is 0 Å². The van der Waals surface area contributed by atoms with Crippen LogP contribution in [-0.4, -0.2) is 12.6 Å². The van der Waals surface area contributed by atoms with Crippen molar-refractivity contribution in [2.75, 3.05) is 6.61 Å². The number of para-hydroxylation sites is 1. The molecule has 0 radical (unpaired) electrons. The van der Waals surface area contributed by atoms with Crippen LogP contribution in [0.1, 0.15) is 22.8 Å². The van der Waals surface area contributed by atoms with Crippen molar-refractivity contribution < 1.29 is 18.4 Å². The Morgan fingerprint density at radius 1 is 1.00 bits per heavy atom. The Morgan fingerprint density at radius 2 is 1.71 bits per heavy atom. The zero-order valence-corrected chi connectivity index (χ0v) is 13.2. The molecule has 4 rings (SSSR count). The van der Waals surface area contributed by atoms with Crippen molar-refractivity contribution in [2.24, 2.45) is 0 Å². The third kappa shape index (κ3) is 2.01. The summed E-state index contributed by atoms with van der Waals surface area (Å²) in [4.78, 5) is 24.2. The molecule has 2 heterocycles. The van der Waals surface area contributed by atoms with Crippen LogP contribution in [0.15, 0.2) is 50.0 Å². The Kier molecular flexibility index (Phi) is 3.16. The molecule has 0 unspecified atom stereocenters. The number of aryl methyl sites for hydroxylation is 1. The third-order valence-corrected chi connectivity index (χ3v) is 4.14. The first-order valence-corrected chi connectivity index (χ1v) is 7.66. The molecule has 0 atom stereocenters. The van der Waals surface area contributed by atoms with Crippen molar-refractivity contribution in [1.82, 2.24) is 0 Å². The number of esters is 1. The lowest BCUT2D eigenvalue weighted by Crippen LogP contribution is -2.18. The molecule has 0 aliphatic rings. The second kappa shape index (κ2) is 5.23. The summed E-state index contributed by atoms with van der Waals surface area (Å²) in [5, 5.41) is 2.47. The summed E-state index contributed by atoms with van der Waals surface area (Å²) in [7, 11) is 0. The van der Waals surface area contributed by atoms with Gasteiger partial charge in [-0.15, -0.1) is 0 Å². The van der Waals surface area contributed by atoms with Crippen LogP contribution in [0, 0.1) is 6.92 Å². The van der Waals surface area contributed by atoms with Crippen molar-refractivity contribution in [3.63, 3.8) is 0 Å². The highest BCUT2D eigenvalue weighted by Crippen LogP contribution is 2.33. The molecule has 120 valence electrons. The van der Waals surface area contributed by atoms with Gasteiger partial charge in [0.05, 0.1) is 6.61 Å². The number of hydrogen-bond acceptors (Lipinski definition) is 5. The summed E-state index contributed by atoms with van der Waals surface area (Å²) in [5.74, 6) is -0.671. The van der Waals surface area contributed by atoms with Crippen LogP contribution in [0.3, 0.4) is 0 Å². The zero-order valence-electron chi connectivity index (χ0n) is 13.2. The maximum absolute atomic E-state index is 12.2. The summed E-state index contributed by atoms with van der Waals surface area (Å²) < 4.78 is 16.2. The van der Waals surface area contributed by atoms with E-state index in [2.05, 4.69) is 0 Å². The molecule has 0 aliphatic heterocycles. The van der Waals surface area contributed by atoms with Gasteiger partial charge in [-0.2, -0.15) is 0 Å². The molecule has 0 saturated heterocycles. The maximum atomic E-state index is 12.2. The molecule has 0 aliphatic carbocycles. The highest BCUT2D eigenvalue weighted by molar-refractivity contribution is 6.10. The summed E-state index contributed by atoms with van der Waals surface area (Å²) in [6.07, 6.45) is 0. The lowest BCUT2D eigenvalue weighted by Gasteiger charge is -2.07. The lowest BCUT2D eigenvalue weighted by molar-refractivity contribution is 0.0521. The van der Waals surface area contributed by atoms with Crippen LogP contribution in [0.25, 0.3) is 32.9 Å². The average molecular weight is 322 g/mol. The van der Waals surface area contributed by atoms with E-state index >= 15 is 0 Å². The monoisotopic (exact) mass is 322 g/mol. The molecular formula is C19H14O5. The fraction of sp³-hybridized carbons (Fsp3) is 0.158. The van der Waals surface area contributed by atoms with Gasteiger partial charge in [0.15, 0.2) is 0 Å². The predicted octanol–water partition coefficient (Wildman–Crippen LogP) is 4.18. The molecular weight excluding hydrogens is 308 g/mol. The van der Waals surface area contributed by atoms with Crippen LogP contribution in [0.4, 0.5) is 0 Å². The van der Waals surface area contributed by atoms with E-state index < -0.39 is 11.6 Å². The molecule has 5 heteroatoms. The Labute approximate surface area is 136 Å². The SMILES string of the molecule is CCOC(=O)c1c(C)c2cc3oc4ccccc4c3cc2oc1=O. The minimum absolute atomic E-state index is 0.0696. The molecule has 2 aromatic carbocycles. The first-order valence-electron chi connectivity index (χ1n) is 7.66.